The van der Waals surface area contributed by atoms with Gasteiger partial charge in [-0.1, -0.05) is 13.8 Å². The average Bonchev–Trinajstić information content (AvgIpc) is 2.68. The van der Waals surface area contributed by atoms with E-state index in [0.29, 0.717) is 0 Å². The van der Waals surface area contributed by atoms with Gasteiger partial charge in [0, 0.05) is 0 Å². The van der Waals surface area contributed by atoms with Gasteiger partial charge in [-0.25, -0.2) is 0 Å². The maximum Gasteiger partial charge on any atom is -0.000664 e. The highest BCUT2D eigenvalue weighted by Crippen LogP contribution is 2.07. The highest BCUT2D eigenvalue weighted by atomic mass is 15.1. The molecule has 0 radical (unpaired) electrons. The van der Waals surface area contributed by atoms with Crippen LogP contribution in [0.25, 0.3) is 0 Å². The summed E-state index contributed by atoms with van der Waals surface area (Å²) < 4.78 is 0. The van der Waals surface area contributed by atoms with Gasteiger partial charge in [-0.05, 0) is 70.7 Å². The van der Waals surface area contributed by atoms with Crippen molar-refractivity contribution in [3.05, 3.63) is 0 Å². The van der Waals surface area contributed by atoms with Gasteiger partial charge in [0.15, 0.2) is 0 Å². The monoisotopic (exact) mass is 212 g/mol. The smallest absolute Gasteiger partial charge is 0.000664 e. The lowest BCUT2D eigenvalue weighted by Gasteiger charge is -2.14. The molecular weight excluding hydrogens is 184 g/mol. The molecular formula is C13H28N2. The zero-order valence-corrected chi connectivity index (χ0v) is 10.6. The first-order valence-corrected chi connectivity index (χ1v) is 6.72. The van der Waals surface area contributed by atoms with Crippen molar-refractivity contribution in [2.75, 3.05) is 32.7 Å². The van der Waals surface area contributed by atoms with Crippen LogP contribution >= 0.6 is 0 Å². The molecule has 1 heterocycles. The average molecular weight is 212 g/mol. The fourth-order valence-corrected chi connectivity index (χ4v) is 2.19. The Bertz CT molecular complexity index is 139. The Morgan fingerprint density at radius 2 is 1.73 bits per heavy atom. The van der Waals surface area contributed by atoms with E-state index in [0.717, 1.165) is 5.92 Å². The van der Waals surface area contributed by atoms with Crippen LogP contribution in [0.15, 0.2) is 0 Å². The van der Waals surface area contributed by atoms with E-state index in [1.54, 1.807) is 0 Å². The number of likely N-dealkylation sites (tertiary alicyclic amines) is 1. The van der Waals surface area contributed by atoms with Crippen molar-refractivity contribution in [1.29, 1.82) is 0 Å². The lowest BCUT2D eigenvalue weighted by atomic mass is 10.1. The minimum absolute atomic E-state index is 0.858. The van der Waals surface area contributed by atoms with Gasteiger partial charge < -0.3 is 10.2 Å². The second kappa shape index (κ2) is 8.12. The van der Waals surface area contributed by atoms with Crippen LogP contribution < -0.4 is 5.32 Å². The molecule has 0 unspecified atom stereocenters. The summed E-state index contributed by atoms with van der Waals surface area (Å²) in [5, 5.41) is 3.54. The normalized spacial score (nSPS) is 17.8. The molecule has 0 bridgehead atoms. The van der Waals surface area contributed by atoms with Gasteiger partial charge in [-0.15, -0.1) is 0 Å². The van der Waals surface area contributed by atoms with E-state index in [4.69, 9.17) is 0 Å². The standard InChI is InChI=1S/C13H28N2/c1-13(2)7-5-8-14-9-6-12-15-10-3-4-11-15/h13-14H,3-12H2,1-2H3. The minimum Gasteiger partial charge on any atom is -0.317 e. The predicted octanol–water partition coefficient (Wildman–Crippen LogP) is 2.50. The van der Waals surface area contributed by atoms with Crippen molar-refractivity contribution in [2.24, 2.45) is 5.92 Å². The molecule has 1 rings (SSSR count). The zero-order valence-electron chi connectivity index (χ0n) is 10.6. The van der Waals surface area contributed by atoms with Crippen LogP contribution in [-0.2, 0) is 0 Å². The first kappa shape index (κ1) is 13.0. The molecule has 1 saturated heterocycles. The Morgan fingerprint density at radius 3 is 2.40 bits per heavy atom. The second-order valence-corrected chi connectivity index (χ2v) is 5.19. The number of nitrogens with zero attached hydrogens (tertiary/aromatic N) is 1. The predicted molar refractivity (Wildman–Crippen MR) is 67.2 cm³/mol. The van der Waals surface area contributed by atoms with Crippen molar-refractivity contribution in [3.63, 3.8) is 0 Å². The second-order valence-electron chi connectivity index (χ2n) is 5.19. The zero-order chi connectivity index (χ0) is 10.9. The molecule has 15 heavy (non-hydrogen) atoms. The third-order valence-corrected chi connectivity index (χ3v) is 3.16. The van der Waals surface area contributed by atoms with Gasteiger partial charge >= 0.3 is 0 Å². The molecule has 0 aromatic heterocycles. The summed E-state index contributed by atoms with van der Waals surface area (Å²) in [5.74, 6) is 0.858. The summed E-state index contributed by atoms with van der Waals surface area (Å²) >= 11 is 0. The molecule has 1 aliphatic rings. The van der Waals surface area contributed by atoms with Crippen LogP contribution in [0.2, 0.25) is 0 Å². The van der Waals surface area contributed by atoms with E-state index in [1.165, 1.54) is 64.8 Å². The lowest BCUT2D eigenvalue weighted by Crippen LogP contribution is -2.25. The molecule has 1 fully saturated rings. The van der Waals surface area contributed by atoms with Crippen molar-refractivity contribution < 1.29 is 0 Å². The lowest BCUT2D eigenvalue weighted by molar-refractivity contribution is 0.330. The topological polar surface area (TPSA) is 15.3 Å². The molecule has 0 saturated carbocycles. The summed E-state index contributed by atoms with van der Waals surface area (Å²) in [6, 6.07) is 0. The molecule has 0 aromatic carbocycles. The molecule has 0 aromatic rings. The number of hydrogen-bond acceptors (Lipinski definition) is 2. The number of hydrogen-bond donors (Lipinski definition) is 1. The van der Waals surface area contributed by atoms with E-state index in [2.05, 4.69) is 24.1 Å². The largest absolute Gasteiger partial charge is 0.317 e. The molecule has 1 N–H and O–H groups in total. The van der Waals surface area contributed by atoms with E-state index in [9.17, 15) is 0 Å². The number of nitrogens with one attached hydrogen (secondary N) is 1. The fourth-order valence-electron chi connectivity index (χ4n) is 2.19. The third-order valence-electron chi connectivity index (χ3n) is 3.16. The third kappa shape index (κ3) is 6.91. The van der Waals surface area contributed by atoms with Crippen LogP contribution in [0.4, 0.5) is 0 Å². The van der Waals surface area contributed by atoms with Gasteiger partial charge in [-0.3, -0.25) is 0 Å². The Morgan fingerprint density at radius 1 is 1.07 bits per heavy atom. The summed E-state index contributed by atoms with van der Waals surface area (Å²) in [4.78, 5) is 2.59. The Labute approximate surface area is 95.4 Å². The first-order chi connectivity index (χ1) is 7.29. The Balaban J connectivity index is 1.76. The minimum atomic E-state index is 0.858. The molecule has 0 amide bonds. The molecule has 2 nitrogen and oxygen atoms in total. The summed E-state index contributed by atoms with van der Waals surface area (Å²) in [5.41, 5.74) is 0. The number of rotatable bonds is 8. The van der Waals surface area contributed by atoms with E-state index < -0.39 is 0 Å². The molecule has 90 valence electrons. The molecule has 0 spiro atoms. The maximum atomic E-state index is 3.54. The van der Waals surface area contributed by atoms with Crippen molar-refractivity contribution in [3.8, 4) is 0 Å². The first-order valence-electron chi connectivity index (χ1n) is 6.72. The van der Waals surface area contributed by atoms with E-state index in [-0.39, 0.29) is 0 Å². The van der Waals surface area contributed by atoms with Crippen molar-refractivity contribution >= 4 is 0 Å². The van der Waals surface area contributed by atoms with Crippen LogP contribution in [0.3, 0.4) is 0 Å². The quantitative estimate of drug-likeness (QED) is 0.622. The molecule has 1 aliphatic heterocycles. The van der Waals surface area contributed by atoms with Crippen molar-refractivity contribution in [2.45, 2.75) is 46.0 Å². The van der Waals surface area contributed by atoms with Crippen LogP contribution in [0, 0.1) is 5.92 Å². The highest BCUT2D eigenvalue weighted by Gasteiger charge is 2.09. The molecule has 0 aliphatic carbocycles. The fraction of sp³-hybridized carbons (Fsp3) is 1.00. The Kier molecular flexibility index (Phi) is 7.03. The molecule has 0 atom stereocenters. The van der Waals surface area contributed by atoms with Gasteiger partial charge in [-0.2, -0.15) is 0 Å². The summed E-state index contributed by atoms with van der Waals surface area (Å²) in [6.07, 6.45) is 6.85. The molecule has 2 heteroatoms. The maximum absolute atomic E-state index is 3.54. The van der Waals surface area contributed by atoms with Gasteiger partial charge in [0.2, 0.25) is 0 Å². The van der Waals surface area contributed by atoms with Crippen LogP contribution in [-0.4, -0.2) is 37.6 Å². The van der Waals surface area contributed by atoms with Crippen LogP contribution in [0.5, 0.6) is 0 Å². The SMILES string of the molecule is CC(C)CCCNCCCN1CCCC1. The van der Waals surface area contributed by atoms with Crippen molar-refractivity contribution in [1.82, 2.24) is 10.2 Å². The summed E-state index contributed by atoms with van der Waals surface area (Å²) in [7, 11) is 0. The van der Waals surface area contributed by atoms with Gasteiger partial charge in [0.1, 0.15) is 0 Å². The van der Waals surface area contributed by atoms with E-state index >= 15 is 0 Å². The van der Waals surface area contributed by atoms with Gasteiger partial charge in [0.05, 0.1) is 0 Å². The van der Waals surface area contributed by atoms with Gasteiger partial charge in [0.25, 0.3) is 0 Å². The van der Waals surface area contributed by atoms with E-state index in [1.807, 2.05) is 0 Å². The highest BCUT2D eigenvalue weighted by molar-refractivity contribution is 4.66. The summed E-state index contributed by atoms with van der Waals surface area (Å²) in [6.45, 7) is 11.0. The van der Waals surface area contributed by atoms with Crippen LogP contribution in [0.1, 0.15) is 46.0 Å². The Hall–Kier alpha value is -0.0800.